The molecule has 166 valence electrons. The predicted octanol–water partition coefficient (Wildman–Crippen LogP) is 6.40. The van der Waals surface area contributed by atoms with E-state index in [0.717, 1.165) is 12.8 Å². The Hall–Kier alpha value is -2.79. The molecule has 5 nitrogen and oxygen atoms in total. The highest BCUT2D eigenvalue weighted by atomic mass is 35.5. The Morgan fingerprint density at radius 1 is 1.00 bits per heavy atom. The third kappa shape index (κ3) is 4.83. The molecule has 6 heteroatoms. The summed E-state index contributed by atoms with van der Waals surface area (Å²) in [7, 11) is 0. The van der Waals surface area contributed by atoms with Gasteiger partial charge in [0.05, 0.1) is 19.0 Å². The molecule has 0 bridgehead atoms. The van der Waals surface area contributed by atoms with E-state index in [2.05, 4.69) is 40.0 Å². The Bertz CT molecular complexity index is 1060. The predicted molar refractivity (Wildman–Crippen MR) is 127 cm³/mol. The van der Waals surface area contributed by atoms with Crippen molar-refractivity contribution in [1.82, 2.24) is 9.97 Å². The van der Waals surface area contributed by atoms with Crippen molar-refractivity contribution in [3.8, 4) is 17.5 Å². The second-order valence-electron chi connectivity index (χ2n) is 8.84. The van der Waals surface area contributed by atoms with Gasteiger partial charge in [0.15, 0.2) is 5.75 Å². The van der Waals surface area contributed by atoms with E-state index in [9.17, 15) is 0 Å². The molecule has 0 radical (unpaired) electrons. The second kappa shape index (κ2) is 9.37. The minimum atomic E-state index is 0.387. The lowest BCUT2D eigenvalue weighted by molar-refractivity contribution is 0.149. The Morgan fingerprint density at radius 3 is 2.50 bits per heavy atom. The molecule has 3 aromatic rings. The third-order valence-electron chi connectivity index (χ3n) is 6.48. The van der Waals surface area contributed by atoms with Crippen LogP contribution in [0.15, 0.2) is 54.9 Å². The van der Waals surface area contributed by atoms with Crippen molar-refractivity contribution >= 4 is 17.3 Å². The van der Waals surface area contributed by atoms with Crippen LogP contribution in [0, 0.1) is 12.8 Å². The van der Waals surface area contributed by atoms with E-state index in [1.54, 1.807) is 24.5 Å². The van der Waals surface area contributed by atoms with Gasteiger partial charge in [-0.1, -0.05) is 23.7 Å². The van der Waals surface area contributed by atoms with Crippen LogP contribution in [0.5, 0.6) is 17.5 Å². The van der Waals surface area contributed by atoms with Gasteiger partial charge < -0.3 is 14.4 Å². The van der Waals surface area contributed by atoms with Crippen LogP contribution >= 0.6 is 11.6 Å². The maximum atomic E-state index is 5.98. The van der Waals surface area contributed by atoms with E-state index in [0.29, 0.717) is 41.0 Å². The van der Waals surface area contributed by atoms with Crippen molar-refractivity contribution in [1.29, 1.82) is 0 Å². The zero-order valence-electron chi connectivity index (χ0n) is 18.3. The summed E-state index contributed by atoms with van der Waals surface area (Å²) in [5.41, 5.74) is 4.28. The molecular weight excluding hydrogens is 422 g/mol. The molecule has 0 N–H and O–H groups in total. The fraction of sp³-hybridized carbons (Fsp3) is 0.385. The molecule has 2 aliphatic rings. The van der Waals surface area contributed by atoms with E-state index < -0.39 is 0 Å². The number of benzene rings is 2. The van der Waals surface area contributed by atoms with Crippen LogP contribution in [0.3, 0.4) is 0 Å². The molecule has 1 saturated heterocycles. The quantitative estimate of drug-likeness (QED) is 0.417. The number of nitrogens with zero attached hydrogens (tertiary/aromatic N) is 3. The van der Waals surface area contributed by atoms with Gasteiger partial charge in [-0.05, 0) is 85.9 Å². The van der Waals surface area contributed by atoms with Gasteiger partial charge in [-0.2, -0.15) is 9.97 Å². The molecule has 2 fully saturated rings. The van der Waals surface area contributed by atoms with Crippen molar-refractivity contribution in [2.75, 3.05) is 24.6 Å². The highest BCUT2D eigenvalue weighted by Crippen LogP contribution is 2.43. The Balaban J connectivity index is 1.09. The van der Waals surface area contributed by atoms with Gasteiger partial charge in [0.2, 0.25) is 0 Å². The third-order valence-corrected chi connectivity index (χ3v) is 6.72. The number of rotatable bonds is 7. The summed E-state index contributed by atoms with van der Waals surface area (Å²) in [6.07, 6.45) is 8.18. The normalized spacial score (nSPS) is 20.1. The number of halogens is 1. The fourth-order valence-electron chi connectivity index (χ4n) is 4.71. The first-order chi connectivity index (χ1) is 15.6. The van der Waals surface area contributed by atoms with Crippen LogP contribution in [0.4, 0.5) is 5.69 Å². The molecule has 0 unspecified atom stereocenters. The van der Waals surface area contributed by atoms with Crippen LogP contribution < -0.4 is 14.4 Å². The zero-order valence-corrected chi connectivity index (χ0v) is 19.1. The highest BCUT2D eigenvalue weighted by molar-refractivity contribution is 6.30. The number of hydrogen-bond acceptors (Lipinski definition) is 5. The minimum absolute atomic E-state index is 0.387. The van der Waals surface area contributed by atoms with Crippen LogP contribution in [0.25, 0.3) is 0 Å². The van der Waals surface area contributed by atoms with Gasteiger partial charge in [-0.25, -0.2) is 0 Å². The van der Waals surface area contributed by atoms with Crippen LogP contribution in [-0.4, -0.2) is 29.7 Å². The Morgan fingerprint density at radius 2 is 1.78 bits per heavy atom. The van der Waals surface area contributed by atoms with Gasteiger partial charge in [0, 0.05) is 23.8 Å². The van der Waals surface area contributed by atoms with Gasteiger partial charge in [-0.15, -0.1) is 0 Å². The molecule has 1 saturated carbocycles. The van der Waals surface area contributed by atoms with E-state index in [1.807, 2.05) is 12.1 Å². The van der Waals surface area contributed by atoms with Crippen molar-refractivity contribution < 1.29 is 9.47 Å². The van der Waals surface area contributed by atoms with Gasteiger partial charge in [-0.3, -0.25) is 0 Å². The zero-order chi connectivity index (χ0) is 21.9. The first kappa shape index (κ1) is 21.1. The number of anilines is 1. The number of aryl methyl sites for hydroxylation is 1. The summed E-state index contributed by atoms with van der Waals surface area (Å²) in [5.74, 6) is 2.38. The lowest BCUT2D eigenvalue weighted by Crippen LogP contribution is -2.28. The number of hydrogen-bond donors (Lipinski definition) is 0. The number of ether oxygens (including phenoxy) is 2. The van der Waals surface area contributed by atoms with Gasteiger partial charge >= 0.3 is 6.01 Å². The molecule has 5 rings (SSSR count). The molecule has 0 spiro atoms. The Labute approximate surface area is 194 Å². The smallest absolute Gasteiger partial charge is 0.316 e. The van der Waals surface area contributed by atoms with Crippen molar-refractivity contribution in [3.05, 3.63) is 71.0 Å². The molecule has 1 aliphatic heterocycles. The van der Waals surface area contributed by atoms with E-state index >= 15 is 0 Å². The molecule has 0 atom stereocenters. The standard InChI is InChI=1S/C26H28ClN3O2/c1-18-11-22(30-9-2-3-10-30)7-8-25(18)20-12-19(13-20)17-31-26-28-15-24(16-29-26)32-23-6-4-5-21(27)14-23/h4-8,11,14-16,19-20H,2-3,9-10,12-13,17H2,1H3. The maximum absolute atomic E-state index is 5.98. The summed E-state index contributed by atoms with van der Waals surface area (Å²) in [6, 6.07) is 14.6. The SMILES string of the molecule is Cc1cc(N2CCCC2)ccc1C1CC(COc2ncc(Oc3cccc(Cl)c3)cn2)C1. The summed E-state index contributed by atoms with van der Waals surface area (Å²) in [4.78, 5) is 11.0. The minimum Gasteiger partial charge on any atom is -0.463 e. The summed E-state index contributed by atoms with van der Waals surface area (Å²) < 4.78 is 11.5. The molecule has 2 heterocycles. The van der Waals surface area contributed by atoms with Crippen LogP contribution in [0.1, 0.15) is 42.7 Å². The van der Waals surface area contributed by atoms with Crippen molar-refractivity contribution in [2.24, 2.45) is 5.92 Å². The molecular formula is C26H28ClN3O2. The average Bonchev–Trinajstić information content (AvgIpc) is 3.30. The number of aromatic nitrogens is 2. The molecule has 32 heavy (non-hydrogen) atoms. The largest absolute Gasteiger partial charge is 0.463 e. The summed E-state index contributed by atoms with van der Waals surface area (Å²) in [6.45, 7) is 5.28. The first-order valence-electron chi connectivity index (χ1n) is 11.4. The van der Waals surface area contributed by atoms with Crippen LogP contribution in [0.2, 0.25) is 5.02 Å². The van der Waals surface area contributed by atoms with Crippen molar-refractivity contribution in [3.63, 3.8) is 0 Å². The van der Waals surface area contributed by atoms with E-state index in [-0.39, 0.29) is 0 Å². The second-order valence-corrected chi connectivity index (χ2v) is 9.28. The molecule has 1 aromatic heterocycles. The lowest BCUT2D eigenvalue weighted by Gasteiger charge is -2.36. The Kier molecular flexibility index (Phi) is 6.17. The summed E-state index contributed by atoms with van der Waals surface area (Å²) >= 11 is 5.98. The molecule has 1 aliphatic carbocycles. The maximum Gasteiger partial charge on any atom is 0.316 e. The monoisotopic (exact) mass is 449 g/mol. The first-order valence-corrected chi connectivity index (χ1v) is 11.8. The van der Waals surface area contributed by atoms with Crippen molar-refractivity contribution in [2.45, 2.75) is 38.5 Å². The van der Waals surface area contributed by atoms with Crippen LogP contribution in [-0.2, 0) is 0 Å². The van der Waals surface area contributed by atoms with Gasteiger partial charge in [0.25, 0.3) is 0 Å². The highest BCUT2D eigenvalue weighted by Gasteiger charge is 2.32. The molecule has 0 amide bonds. The van der Waals surface area contributed by atoms with E-state index in [4.69, 9.17) is 21.1 Å². The summed E-state index contributed by atoms with van der Waals surface area (Å²) in [5, 5.41) is 0.625. The van der Waals surface area contributed by atoms with Gasteiger partial charge in [0.1, 0.15) is 5.75 Å². The van der Waals surface area contributed by atoms with E-state index in [1.165, 1.54) is 42.7 Å². The molecule has 2 aromatic carbocycles. The lowest BCUT2D eigenvalue weighted by atomic mass is 9.71. The fourth-order valence-corrected chi connectivity index (χ4v) is 4.89. The average molecular weight is 450 g/mol. The topological polar surface area (TPSA) is 47.5 Å².